The summed E-state index contributed by atoms with van der Waals surface area (Å²) in [6.07, 6.45) is 6.00. The van der Waals surface area contributed by atoms with Gasteiger partial charge >= 0.3 is 0 Å². The summed E-state index contributed by atoms with van der Waals surface area (Å²) in [5.41, 5.74) is 0.987. The van der Waals surface area contributed by atoms with Crippen LogP contribution in [0.2, 0.25) is 0 Å². The maximum absolute atomic E-state index is 13.8. The van der Waals surface area contributed by atoms with E-state index in [1.165, 1.54) is 59.9 Å². The predicted octanol–water partition coefficient (Wildman–Crippen LogP) is 3.24. The number of carbonyl (C=O) groups is 2. The zero-order valence-electron chi connectivity index (χ0n) is 14.5. The summed E-state index contributed by atoms with van der Waals surface area (Å²) in [4.78, 5) is 34.8. The number of Topliss-reactive ketones (excluding diaryl/α,β-unsaturated/α-hetero) is 1. The van der Waals surface area contributed by atoms with E-state index in [2.05, 4.69) is 9.97 Å². The molecule has 0 bridgehead atoms. The van der Waals surface area contributed by atoms with Gasteiger partial charge in [-0.25, -0.2) is 4.39 Å². The molecule has 0 aliphatic carbocycles. The van der Waals surface area contributed by atoms with Crippen LogP contribution in [0.4, 0.5) is 10.1 Å². The van der Waals surface area contributed by atoms with E-state index in [9.17, 15) is 19.1 Å². The molecule has 1 fully saturated rings. The molecule has 0 radical (unpaired) electrons. The minimum absolute atomic E-state index is 0.0894. The van der Waals surface area contributed by atoms with Crippen LogP contribution in [0.15, 0.2) is 78.9 Å². The number of benzene rings is 1. The van der Waals surface area contributed by atoms with Gasteiger partial charge in [-0.05, 0) is 42.0 Å². The molecule has 1 atom stereocenters. The third-order valence-corrected chi connectivity index (χ3v) is 4.48. The van der Waals surface area contributed by atoms with Gasteiger partial charge in [0.05, 0.1) is 11.6 Å². The zero-order chi connectivity index (χ0) is 19.7. The maximum atomic E-state index is 13.8. The van der Waals surface area contributed by atoms with Crippen molar-refractivity contribution >= 4 is 23.1 Å². The van der Waals surface area contributed by atoms with Crippen molar-refractivity contribution in [2.24, 2.45) is 0 Å². The van der Waals surface area contributed by atoms with E-state index in [0.717, 1.165) is 0 Å². The quantitative estimate of drug-likeness (QED) is 0.432. The second kappa shape index (κ2) is 7.03. The maximum Gasteiger partial charge on any atom is 0.300 e. The number of aliphatic hydroxyl groups is 1. The van der Waals surface area contributed by atoms with Crippen molar-refractivity contribution in [1.29, 1.82) is 0 Å². The summed E-state index contributed by atoms with van der Waals surface area (Å²) >= 11 is 0. The van der Waals surface area contributed by atoms with Gasteiger partial charge in [-0.3, -0.25) is 24.5 Å². The van der Waals surface area contributed by atoms with Gasteiger partial charge in [0.1, 0.15) is 11.6 Å². The Kier molecular flexibility index (Phi) is 4.41. The van der Waals surface area contributed by atoms with Crippen molar-refractivity contribution < 1.29 is 19.1 Å². The summed E-state index contributed by atoms with van der Waals surface area (Å²) in [6, 6.07) is 10.9. The number of pyridine rings is 2. The average molecular weight is 375 g/mol. The van der Waals surface area contributed by atoms with Gasteiger partial charge in [0.25, 0.3) is 11.7 Å². The topological polar surface area (TPSA) is 83.4 Å². The lowest BCUT2D eigenvalue weighted by atomic mass is 9.96. The molecule has 138 valence electrons. The van der Waals surface area contributed by atoms with E-state index in [4.69, 9.17) is 0 Å². The summed E-state index contributed by atoms with van der Waals surface area (Å²) in [5, 5.41) is 10.8. The van der Waals surface area contributed by atoms with Crippen LogP contribution in [0.1, 0.15) is 17.2 Å². The van der Waals surface area contributed by atoms with Crippen LogP contribution in [0.3, 0.4) is 0 Å². The van der Waals surface area contributed by atoms with E-state index in [0.29, 0.717) is 11.1 Å². The van der Waals surface area contributed by atoms with Gasteiger partial charge in [-0.2, -0.15) is 0 Å². The second-order valence-electron chi connectivity index (χ2n) is 6.17. The van der Waals surface area contributed by atoms with Crippen LogP contribution in [0.25, 0.3) is 5.76 Å². The molecule has 1 aliphatic heterocycles. The molecule has 3 heterocycles. The fraction of sp³-hybridized carbons (Fsp3) is 0.0476. The monoisotopic (exact) mass is 375 g/mol. The largest absolute Gasteiger partial charge is 0.507 e. The van der Waals surface area contributed by atoms with Crippen LogP contribution >= 0.6 is 0 Å². The molecule has 28 heavy (non-hydrogen) atoms. The number of hydrogen-bond donors (Lipinski definition) is 1. The number of aromatic nitrogens is 2. The molecule has 2 aromatic heterocycles. The van der Waals surface area contributed by atoms with E-state index in [1.54, 1.807) is 18.3 Å². The summed E-state index contributed by atoms with van der Waals surface area (Å²) < 4.78 is 13.8. The number of halogens is 1. The van der Waals surface area contributed by atoms with E-state index < -0.39 is 23.5 Å². The first kappa shape index (κ1) is 17.5. The van der Waals surface area contributed by atoms with Crippen LogP contribution in [-0.4, -0.2) is 26.8 Å². The Morgan fingerprint density at radius 2 is 1.79 bits per heavy atom. The minimum atomic E-state index is -0.941. The summed E-state index contributed by atoms with van der Waals surface area (Å²) in [6.45, 7) is 0. The lowest BCUT2D eigenvalue weighted by molar-refractivity contribution is -0.132. The normalized spacial score (nSPS) is 18.5. The molecule has 1 N–H and O–H groups in total. The Labute approximate surface area is 159 Å². The molecule has 4 rings (SSSR count). The smallest absolute Gasteiger partial charge is 0.300 e. The average Bonchev–Trinajstić information content (AvgIpc) is 3.00. The number of aliphatic hydroxyl groups excluding tert-OH is 1. The molecule has 1 aliphatic rings. The van der Waals surface area contributed by atoms with Crippen LogP contribution in [0.5, 0.6) is 0 Å². The van der Waals surface area contributed by atoms with Crippen LogP contribution in [0, 0.1) is 5.82 Å². The molecule has 0 spiro atoms. The van der Waals surface area contributed by atoms with Crippen molar-refractivity contribution in [3.63, 3.8) is 0 Å². The number of ketones is 1. The van der Waals surface area contributed by atoms with Crippen molar-refractivity contribution in [3.8, 4) is 0 Å². The summed E-state index contributed by atoms with van der Waals surface area (Å²) in [5.74, 6) is -2.57. The Balaban J connectivity index is 1.95. The van der Waals surface area contributed by atoms with Gasteiger partial charge < -0.3 is 5.11 Å². The Morgan fingerprint density at radius 1 is 1.00 bits per heavy atom. The highest BCUT2D eigenvalue weighted by molar-refractivity contribution is 6.51. The lowest BCUT2D eigenvalue weighted by Gasteiger charge is -2.25. The molecule has 0 saturated carbocycles. The minimum Gasteiger partial charge on any atom is -0.507 e. The third-order valence-electron chi connectivity index (χ3n) is 4.48. The molecule has 7 heteroatoms. The number of hydrogen-bond acceptors (Lipinski definition) is 5. The van der Waals surface area contributed by atoms with Crippen molar-refractivity contribution in [2.75, 3.05) is 4.90 Å². The second-order valence-corrected chi connectivity index (χ2v) is 6.17. The van der Waals surface area contributed by atoms with Gasteiger partial charge in [-0.15, -0.1) is 0 Å². The van der Waals surface area contributed by atoms with E-state index >= 15 is 0 Å². The number of rotatable bonds is 3. The summed E-state index contributed by atoms with van der Waals surface area (Å²) in [7, 11) is 0. The first-order valence-corrected chi connectivity index (χ1v) is 8.45. The SMILES string of the molecule is O=C1C(=O)N(c2cccc(F)c2)C(c2cccnc2)/C1=C(\O)c1ccncc1. The molecule has 1 aromatic carbocycles. The molecular weight excluding hydrogens is 361 g/mol. The lowest BCUT2D eigenvalue weighted by Crippen LogP contribution is -2.29. The first-order chi connectivity index (χ1) is 13.6. The number of nitrogens with zero attached hydrogens (tertiary/aromatic N) is 3. The van der Waals surface area contributed by atoms with Gasteiger partial charge in [0.15, 0.2) is 0 Å². The Bertz CT molecular complexity index is 1080. The first-order valence-electron chi connectivity index (χ1n) is 8.45. The highest BCUT2D eigenvalue weighted by atomic mass is 19.1. The van der Waals surface area contributed by atoms with Crippen molar-refractivity contribution in [2.45, 2.75) is 6.04 Å². The molecular formula is C21H14FN3O3. The number of anilines is 1. The fourth-order valence-corrected chi connectivity index (χ4v) is 3.24. The number of carbonyl (C=O) groups excluding carboxylic acids is 2. The molecule has 1 saturated heterocycles. The highest BCUT2D eigenvalue weighted by Crippen LogP contribution is 2.41. The number of amides is 1. The highest BCUT2D eigenvalue weighted by Gasteiger charge is 2.47. The van der Waals surface area contributed by atoms with Gasteiger partial charge in [0, 0.05) is 36.0 Å². The van der Waals surface area contributed by atoms with E-state index in [1.807, 2.05) is 0 Å². The van der Waals surface area contributed by atoms with Gasteiger partial charge in [-0.1, -0.05) is 12.1 Å². The molecule has 1 unspecified atom stereocenters. The van der Waals surface area contributed by atoms with E-state index in [-0.39, 0.29) is 17.0 Å². The van der Waals surface area contributed by atoms with Gasteiger partial charge in [0.2, 0.25) is 0 Å². The molecule has 1 amide bonds. The zero-order valence-corrected chi connectivity index (χ0v) is 14.5. The predicted molar refractivity (Wildman–Crippen MR) is 99.7 cm³/mol. The Morgan fingerprint density at radius 3 is 2.46 bits per heavy atom. The van der Waals surface area contributed by atoms with Crippen molar-refractivity contribution in [1.82, 2.24) is 9.97 Å². The van der Waals surface area contributed by atoms with Crippen molar-refractivity contribution in [3.05, 3.63) is 95.8 Å². The third kappa shape index (κ3) is 2.92. The standard InChI is InChI=1S/C21H14FN3O3/c22-15-4-1-5-16(11-15)25-18(14-3-2-8-24-12-14)17(20(27)21(25)28)19(26)13-6-9-23-10-7-13/h1-12,18,26H/b19-17+. The molecule has 6 nitrogen and oxygen atoms in total. The Hall–Kier alpha value is -3.87. The van der Waals surface area contributed by atoms with Crippen LogP contribution < -0.4 is 4.90 Å². The molecule has 3 aromatic rings. The fourth-order valence-electron chi connectivity index (χ4n) is 3.24. The van der Waals surface area contributed by atoms with Crippen LogP contribution in [-0.2, 0) is 9.59 Å².